The minimum Gasteiger partial charge on any atom is -0.497 e. The zero-order valence-electron chi connectivity index (χ0n) is 11.4. The highest BCUT2D eigenvalue weighted by Gasteiger charge is 2.37. The molecule has 0 saturated heterocycles. The van der Waals surface area contributed by atoms with Crippen molar-refractivity contribution in [1.29, 1.82) is 0 Å². The summed E-state index contributed by atoms with van der Waals surface area (Å²) in [5, 5.41) is 0. The summed E-state index contributed by atoms with van der Waals surface area (Å²) in [7, 11) is 1.55. The summed E-state index contributed by atoms with van der Waals surface area (Å²) in [6, 6.07) is 5.32. The highest BCUT2D eigenvalue weighted by Crippen LogP contribution is 2.30. The van der Waals surface area contributed by atoms with Crippen molar-refractivity contribution in [2.75, 3.05) is 13.7 Å². The third kappa shape index (κ3) is 2.78. The summed E-state index contributed by atoms with van der Waals surface area (Å²) in [4.78, 5) is 24.1. The number of fused-ring (bicyclic) bond motifs is 1. The number of carbonyl (C=O) groups is 2. The Morgan fingerprint density at radius 2 is 2.16 bits per heavy atom. The third-order valence-corrected chi connectivity index (χ3v) is 3.17. The molecule has 19 heavy (non-hydrogen) atoms. The van der Waals surface area contributed by atoms with Gasteiger partial charge in [0, 0.05) is 5.56 Å². The van der Waals surface area contributed by atoms with Gasteiger partial charge in [-0.3, -0.25) is 9.59 Å². The van der Waals surface area contributed by atoms with E-state index in [0.717, 1.165) is 5.56 Å². The van der Waals surface area contributed by atoms with Crippen LogP contribution < -0.4 is 4.74 Å². The molecule has 4 heteroatoms. The van der Waals surface area contributed by atoms with E-state index in [2.05, 4.69) is 0 Å². The Labute approximate surface area is 112 Å². The monoisotopic (exact) mass is 262 g/mol. The molecule has 0 radical (unpaired) electrons. The maximum absolute atomic E-state index is 12.2. The average Bonchev–Trinajstić information content (AvgIpc) is 2.73. The number of rotatable bonds is 4. The lowest BCUT2D eigenvalue weighted by Crippen LogP contribution is -2.24. The van der Waals surface area contributed by atoms with Crippen LogP contribution in [0.4, 0.5) is 0 Å². The minimum absolute atomic E-state index is 0.164. The molecular formula is C15H18O4. The van der Waals surface area contributed by atoms with Crippen molar-refractivity contribution in [1.82, 2.24) is 0 Å². The van der Waals surface area contributed by atoms with E-state index in [9.17, 15) is 9.59 Å². The molecule has 1 atom stereocenters. The summed E-state index contributed by atoms with van der Waals surface area (Å²) in [5.41, 5.74) is 1.46. The molecule has 4 nitrogen and oxygen atoms in total. The lowest BCUT2D eigenvalue weighted by Gasteiger charge is -2.10. The quantitative estimate of drug-likeness (QED) is 0.617. The molecule has 0 aromatic heterocycles. The van der Waals surface area contributed by atoms with Crippen LogP contribution in [0.5, 0.6) is 5.75 Å². The molecule has 0 amide bonds. The van der Waals surface area contributed by atoms with Crippen molar-refractivity contribution in [2.45, 2.75) is 20.3 Å². The lowest BCUT2D eigenvalue weighted by atomic mass is 10.1. The second-order valence-corrected chi connectivity index (χ2v) is 5.17. The number of ketones is 1. The number of methoxy groups -OCH3 is 1. The molecule has 0 heterocycles. The molecule has 0 saturated carbocycles. The number of benzene rings is 1. The lowest BCUT2D eigenvalue weighted by molar-refractivity contribution is -0.147. The molecule has 0 aliphatic heterocycles. The Balaban J connectivity index is 2.12. The van der Waals surface area contributed by atoms with Gasteiger partial charge in [0.25, 0.3) is 0 Å². The van der Waals surface area contributed by atoms with E-state index in [1.54, 1.807) is 19.2 Å². The molecule has 1 aliphatic rings. The molecule has 1 aromatic carbocycles. The third-order valence-electron chi connectivity index (χ3n) is 3.17. The Bertz CT molecular complexity index is 505. The van der Waals surface area contributed by atoms with Crippen LogP contribution in [0.25, 0.3) is 0 Å². The van der Waals surface area contributed by atoms with Crippen LogP contribution in [0.1, 0.15) is 29.8 Å². The van der Waals surface area contributed by atoms with Gasteiger partial charge in [-0.2, -0.15) is 0 Å². The number of esters is 1. The van der Waals surface area contributed by atoms with E-state index in [1.165, 1.54) is 0 Å². The second kappa shape index (κ2) is 5.43. The van der Waals surface area contributed by atoms with Gasteiger partial charge >= 0.3 is 5.97 Å². The zero-order valence-corrected chi connectivity index (χ0v) is 11.4. The van der Waals surface area contributed by atoms with Crippen LogP contribution in [-0.4, -0.2) is 25.5 Å². The van der Waals surface area contributed by atoms with Crippen molar-refractivity contribution in [2.24, 2.45) is 11.8 Å². The normalized spacial score (nSPS) is 17.5. The first-order valence-electron chi connectivity index (χ1n) is 6.40. The van der Waals surface area contributed by atoms with Crippen LogP contribution in [-0.2, 0) is 16.0 Å². The van der Waals surface area contributed by atoms with Gasteiger partial charge in [-0.15, -0.1) is 0 Å². The smallest absolute Gasteiger partial charge is 0.317 e. The van der Waals surface area contributed by atoms with E-state index in [-0.39, 0.29) is 11.7 Å². The van der Waals surface area contributed by atoms with Gasteiger partial charge in [0.2, 0.25) is 0 Å². The Morgan fingerprint density at radius 3 is 2.79 bits per heavy atom. The standard InChI is InChI=1S/C15H18O4/c1-9(2)8-19-15(17)13-6-10-4-5-11(18-3)7-12(10)14(13)16/h4-5,7,9,13H,6,8H2,1-3H3. The molecule has 2 rings (SSSR count). The molecule has 1 unspecified atom stereocenters. The average molecular weight is 262 g/mol. The minimum atomic E-state index is -0.694. The number of Topliss-reactive ketones (excluding diaryl/α,β-unsaturated/α-hetero) is 1. The van der Waals surface area contributed by atoms with E-state index in [4.69, 9.17) is 9.47 Å². The second-order valence-electron chi connectivity index (χ2n) is 5.17. The van der Waals surface area contributed by atoms with Gasteiger partial charge in [0.05, 0.1) is 13.7 Å². The largest absolute Gasteiger partial charge is 0.497 e. The molecule has 0 fully saturated rings. The number of carbonyl (C=O) groups excluding carboxylic acids is 2. The fourth-order valence-electron chi connectivity index (χ4n) is 2.13. The topological polar surface area (TPSA) is 52.6 Å². The zero-order chi connectivity index (χ0) is 14.0. The molecule has 1 aliphatic carbocycles. The number of hydrogen-bond acceptors (Lipinski definition) is 4. The van der Waals surface area contributed by atoms with Crippen molar-refractivity contribution >= 4 is 11.8 Å². The Morgan fingerprint density at radius 1 is 1.42 bits per heavy atom. The van der Waals surface area contributed by atoms with Crippen LogP contribution in [0.2, 0.25) is 0 Å². The first-order chi connectivity index (χ1) is 9.02. The molecule has 0 N–H and O–H groups in total. The van der Waals surface area contributed by atoms with E-state index < -0.39 is 11.9 Å². The van der Waals surface area contributed by atoms with Gasteiger partial charge in [-0.25, -0.2) is 0 Å². The summed E-state index contributed by atoms with van der Waals surface area (Å²) in [6.45, 7) is 4.27. The molecule has 0 spiro atoms. The van der Waals surface area contributed by atoms with E-state index >= 15 is 0 Å². The van der Waals surface area contributed by atoms with Crippen molar-refractivity contribution in [3.8, 4) is 5.75 Å². The van der Waals surface area contributed by atoms with Gasteiger partial charge in [0.1, 0.15) is 11.7 Å². The van der Waals surface area contributed by atoms with Gasteiger partial charge in [-0.05, 0) is 30.0 Å². The maximum atomic E-state index is 12.2. The first kappa shape index (κ1) is 13.6. The Kier molecular flexibility index (Phi) is 3.88. The summed E-state index contributed by atoms with van der Waals surface area (Å²) < 4.78 is 10.2. The van der Waals surface area contributed by atoms with Crippen molar-refractivity contribution < 1.29 is 19.1 Å². The summed E-state index contributed by atoms with van der Waals surface area (Å²) >= 11 is 0. The van der Waals surface area contributed by atoms with Crippen molar-refractivity contribution in [3.05, 3.63) is 29.3 Å². The van der Waals surface area contributed by atoms with Crippen LogP contribution in [0, 0.1) is 11.8 Å². The molecule has 1 aromatic rings. The SMILES string of the molecule is COc1ccc2c(c1)C(=O)C(C(=O)OCC(C)C)C2. The van der Waals surface area contributed by atoms with Gasteiger partial charge < -0.3 is 9.47 Å². The van der Waals surface area contributed by atoms with Crippen molar-refractivity contribution in [3.63, 3.8) is 0 Å². The summed E-state index contributed by atoms with van der Waals surface area (Å²) in [5.74, 6) is -0.386. The fraction of sp³-hybridized carbons (Fsp3) is 0.467. The Hall–Kier alpha value is -1.84. The summed E-state index contributed by atoms with van der Waals surface area (Å²) in [6.07, 6.45) is 0.426. The van der Waals surface area contributed by atoms with Crippen LogP contribution >= 0.6 is 0 Å². The van der Waals surface area contributed by atoms with Crippen LogP contribution in [0.15, 0.2) is 18.2 Å². The first-order valence-corrected chi connectivity index (χ1v) is 6.40. The number of hydrogen-bond donors (Lipinski definition) is 0. The predicted molar refractivity (Wildman–Crippen MR) is 70.3 cm³/mol. The number of ether oxygens (including phenoxy) is 2. The van der Waals surface area contributed by atoms with Gasteiger partial charge in [-0.1, -0.05) is 19.9 Å². The van der Waals surface area contributed by atoms with Crippen LogP contribution in [0.3, 0.4) is 0 Å². The van der Waals surface area contributed by atoms with Gasteiger partial charge in [0.15, 0.2) is 5.78 Å². The molecule has 0 bridgehead atoms. The molecular weight excluding hydrogens is 244 g/mol. The predicted octanol–water partition coefficient (Wildman–Crippen LogP) is 2.25. The fourth-order valence-corrected chi connectivity index (χ4v) is 2.13. The highest BCUT2D eigenvalue weighted by atomic mass is 16.5. The maximum Gasteiger partial charge on any atom is 0.317 e. The molecule has 102 valence electrons. The van der Waals surface area contributed by atoms with E-state index in [0.29, 0.717) is 24.3 Å². The highest BCUT2D eigenvalue weighted by molar-refractivity contribution is 6.12. The van der Waals surface area contributed by atoms with E-state index in [1.807, 2.05) is 19.9 Å².